The predicted molar refractivity (Wildman–Crippen MR) is 101 cm³/mol. The van der Waals surface area contributed by atoms with Crippen molar-refractivity contribution < 1.29 is 9.13 Å². The maximum Gasteiger partial charge on any atom is 0.219 e. The molecule has 26 heavy (non-hydrogen) atoms. The van der Waals surface area contributed by atoms with E-state index < -0.39 is 0 Å². The van der Waals surface area contributed by atoms with E-state index in [4.69, 9.17) is 10.5 Å². The summed E-state index contributed by atoms with van der Waals surface area (Å²) in [7, 11) is 0. The van der Waals surface area contributed by atoms with Crippen LogP contribution in [0.5, 0.6) is 11.6 Å². The van der Waals surface area contributed by atoms with Crippen LogP contribution in [-0.2, 0) is 6.54 Å². The van der Waals surface area contributed by atoms with Crippen molar-refractivity contribution in [3.63, 3.8) is 0 Å². The molecule has 5 nitrogen and oxygen atoms in total. The molecular formula is C20H19FN4O. The molecule has 3 N–H and O–H groups in total. The Morgan fingerprint density at radius 3 is 2.46 bits per heavy atom. The Morgan fingerprint density at radius 2 is 1.81 bits per heavy atom. The molecule has 1 aromatic heterocycles. The summed E-state index contributed by atoms with van der Waals surface area (Å²) in [4.78, 5) is 8.52. The lowest BCUT2D eigenvalue weighted by Crippen LogP contribution is -2.22. The van der Waals surface area contributed by atoms with Gasteiger partial charge in [-0.2, -0.15) is 0 Å². The number of pyridine rings is 1. The first-order chi connectivity index (χ1) is 12.6. The highest BCUT2D eigenvalue weighted by atomic mass is 19.1. The standard InChI is InChI=1S/C20H19FN4O/c1-14-2-7-17(8-3-14)25-20(22)24-13-15-4-11-19(23-12-15)26-18-9-5-16(21)6-10-18/h2-12H,13H2,1H3,(H3,22,24,25). The number of nitrogens with two attached hydrogens (primary N) is 1. The number of hydrogen-bond acceptors (Lipinski definition) is 3. The summed E-state index contributed by atoms with van der Waals surface area (Å²) in [5, 5.41) is 3.04. The van der Waals surface area contributed by atoms with Crippen molar-refractivity contribution in [3.05, 3.63) is 83.8 Å². The highest BCUT2D eigenvalue weighted by Crippen LogP contribution is 2.19. The minimum absolute atomic E-state index is 0.310. The lowest BCUT2D eigenvalue weighted by atomic mass is 10.2. The molecular weight excluding hydrogens is 331 g/mol. The highest BCUT2D eigenvalue weighted by Gasteiger charge is 2.01. The van der Waals surface area contributed by atoms with Crippen LogP contribution in [0.15, 0.2) is 71.9 Å². The van der Waals surface area contributed by atoms with Crippen LogP contribution in [-0.4, -0.2) is 10.9 Å². The van der Waals surface area contributed by atoms with Crippen LogP contribution in [0.3, 0.4) is 0 Å². The Kier molecular flexibility index (Phi) is 5.43. The average molecular weight is 350 g/mol. The Balaban J connectivity index is 1.56. The molecule has 0 aliphatic rings. The maximum atomic E-state index is 12.9. The summed E-state index contributed by atoms with van der Waals surface area (Å²) in [5.74, 6) is 0.974. The van der Waals surface area contributed by atoms with Crippen molar-refractivity contribution in [3.8, 4) is 11.6 Å². The maximum absolute atomic E-state index is 12.9. The van der Waals surface area contributed by atoms with Gasteiger partial charge in [-0.1, -0.05) is 23.8 Å². The molecule has 3 aromatic rings. The molecule has 3 rings (SSSR count). The Hall–Kier alpha value is -3.41. The van der Waals surface area contributed by atoms with Crippen molar-refractivity contribution in [2.24, 2.45) is 10.7 Å². The third-order valence-electron chi connectivity index (χ3n) is 3.59. The van der Waals surface area contributed by atoms with Crippen molar-refractivity contribution >= 4 is 11.6 Å². The van der Waals surface area contributed by atoms with Gasteiger partial charge >= 0.3 is 0 Å². The predicted octanol–water partition coefficient (Wildman–Crippen LogP) is 4.25. The Bertz CT molecular complexity index is 875. The number of benzene rings is 2. The van der Waals surface area contributed by atoms with Gasteiger partial charge in [-0.3, -0.25) is 0 Å². The number of rotatable bonds is 5. The quantitative estimate of drug-likeness (QED) is 0.533. The number of nitrogens with one attached hydrogen (secondary N) is 1. The van der Waals surface area contributed by atoms with Crippen LogP contribution in [0, 0.1) is 12.7 Å². The van der Waals surface area contributed by atoms with Crippen molar-refractivity contribution in [2.45, 2.75) is 13.5 Å². The van der Waals surface area contributed by atoms with E-state index in [1.165, 1.54) is 17.7 Å². The highest BCUT2D eigenvalue weighted by molar-refractivity contribution is 5.92. The van der Waals surface area contributed by atoms with Crippen LogP contribution in [0.2, 0.25) is 0 Å². The molecule has 6 heteroatoms. The molecule has 0 saturated heterocycles. The number of nitrogens with zero attached hydrogens (tertiary/aromatic N) is 2. The van der Waals surface area contributed by atoms with Crippen LogP contribution < -0.4 is 15.8 Å². The van der Waals surface area contributed by atoms with Crippen molar-refractivity contribution in [2.75, 3.05) is 5.32 Å². The summed E-state index contributed by atoms with van der Waals surface area (Å²) in [6.45, 7) is 2.42. The number of anilines is 1. The molecule has 0 fully saturated rings. The normalized spacial score (nSPS) is 11.2. The van der Waals surface area contributed by atoms with Crippen molar-refractivity contribution in [1.82, 2.24) is 4.98 Å². The van der Waals surface area contributed by atoms with Crippen LogP contribution in [0.25, 0.3) is 0 Å². The number of aryl methyl sites for hydroxylation is 1. The second-order valence-corrected chi connectivity index (χ2v) is 5.75. The fourth-order valence-corrected chi connectivity index (χ4v) is 2.19. The lowest BCUT2D eigenvalue weighted by Gasteiger charge is -2.07. The van der Waals surface area contributed by atoms with Crippen molar-refractivity contribution in [1.29, 1.82) is 0 Å². The van der Waals surface area contributed by atoms with Crippen LogP contribution in [0.1, 0.15) is 11.1 Å². The smallest absolute Gasteiger partial charge is 0.219 e. The van der Waals surface area contributed by atoms with Gasteiger partial charge in [0.25, 0.3) is 0 Å². The fourth-order valence-electron chi connectivity index (χ4n) is 2.19. The van der Waals surface area contributed by atoms with E-state index in [1.807, 2.05) is 37.3 Å². The van der Waals surface area contributed by atoms with E-state index in [0.29, 0.717) is 24.1 Å². The van der Waals surface area contributed by atoms with Gasteiger partial charge in [0, 0.05) is 18.0 Å². The first-order valence-electron chi connectivity index (χ1n) is 8.10. The Morgan fingerprint density at radius 1 is 1.08 bits per heavy atom. The summed E-state index contributed by atoms with van der Waals surface area (Å²) in [6, 6.07) is 17.2. The van der Waals surface area contributed by atoms with E-state index in [0.717, 1.165) is 11.3 Å². The van der Waals surface area contributed by atoms with Gasteiger partial charge in [0.2, 0.25) is 5.88 Å². The zero-order valence-electron chi connectivity index (χ0n) is 14.3. The zero-order valence-corrected chi connectivity index (χ0v) is 14.3. The van der Waals surface area contributed by atoms with E-state index in [2.05, 4.69) is 15.3 Å². The molecule has 0 atom stereocenters. The topological polar surface area (TPSA) is 72.5 Å². The number of guanidine groups is 1. The molecule has 0 bridgehead atoms. The number of aromatic nitrogens is 1. The molecule has 132 valence electrons. The summed E-state index contributed by atoms with van der Waals surface area (Å²) in [6.07, 6.45) is 1.67. The van der Waals surface area contributed by atoms with Gasteiger partial charge in [-0.25, -0.2) is 14.4 Å². The van der Waals surface area contributed by atoms with Gasteiger partial charge in [0.15, 0.2) is 5.96 Å². The average Bonchev–Trinajstić information content (AvgIpc) is 2.65. The second-order valence-electron chi connectivity index (χ2n) is 5.75. The molecule has 2 aromatic carbocycles. The SMILES string of the molecule is Cc1ccc(NC(N)=NCc2ccc(Oc3ccc(F)cc3)nc2)cc1. The van der Waals surface area contributed by atoms with Gasteiger partial charge in [-0.15, -0.1) is 0 Å². The molecule has 0 spiro atoms. The molecule has 1 heterocycles. The first kappa shape index (κ1) is 17.4. The lowest BCUT2D eigenvalue weighted by molar-refractivity contribution is 0.461. The molecule has 0 saturated carbocycles. The molecule has 0 aliphatic heterocycles. The molecule has 0 radical (unpaired) electrons. The molecule has 0 amide bonds. The fraction of sp³-hybridized carbons (Fsp3) is 0.100. The van der Waals surface area contributed by atoms with Crippen LogP contribution >= 0.6 is 0 Å². The molecule has 0 unspecified atom stereocenters. The van der Waals surface area contributed by atoms with E-state index in [-0.39, 0.29) is 5.82 Å². The minimum Gasteiger partial charge on any atom is -0.439 e. The third kappa shape index (κ3) is 5.04. The van der Waals surface area contributed by atoms with E-state index >= 15 is 0 Å². The van der Waals surface area contributed by atoms with Crippen LogP contribution in [0.4, 0.5) is 10.1 Å². The number of aliphatic imine (C=N–C) groups is 1. The Labute approximate surface area is 151 Å². The minimum atomic E-state index is -0.310. The largest absolute Gasteiger partial charge is 0.439 e. The number of hydrogen-bond donors (Lipinski definition) is 2. The van der Waals surface area contributed by atoms with Gasteiger partial charge in [0.1, 0.15) is 11.6 Å². The second kappa shape index (κ2) is 8.11. The summed E-state index contributed by atoms with van der Waals surface area (Å²) < 4.78 is 18.4. The van der Waals surface area contributed by atoms with E-state index in [9.17, 15) is 4.39 Å². The van der Waals surface area contributed by atoms with Gasteiger partial charge in [-0.05, 0) is 48.9 Å². The van der Waals surface area contributed by atoms with E-state index in [1.54, 1.807) is 24.4 Å². The summed E-state index contributed by atoms with van der Waals surface area (Å²) in [5.41, 5.74) is 8.86. The summed E-state index contributed by atoms with van der Waals surface area (Å²) >= 11 is 0. The monoisotopic (exact) mass is 350 g/mol. The van der Waals surface area contributed by atoms with Gasteiger partial charge < -0.3 is 15.8 Å². The zero-order chi connectivity index (χ0) is 18.4. The first-order valence-corrected chi connectivity index (χ1v) is 8.10. The van der Waals surface area contributed by atoms with Gasteiger partial charge in [0.05, 0.1) is 6.54 Å². The number of ether oxygens (including phenoxy) is 1. The number of halogens is 1. The third-order valence-corrected chi connectivity index (χ3v) is 3.59. The molecule has 0 aliphatic carbocycles.